The van der Waals surface area contributed by atoms with Crippen molar-refractivity contribution in [1.82, 2.24) is 9.97 Å². The highest BCUT2D eigenvalue weighted by atomic mass is 32.2. The number of pyridine rings is 1. The molecule has 0 saturated carbocycles. The summed E-state index contributed by atoms with van der Waals surface area (Å²) in [5, 5.41) is 5.62. The maximum atomic E-state index is 12.3. The number of thioether (sulfide) groups is 1. The van der Waals surface area contributed by atoms with Crippen LogP contribution in [0.1, 0.15) is 6.92 Å². The first-order valence-corrected chi connectivity index (χ1v) is 8.21. The molecule has 0 fully saturated rings. The van der Waals surface area contributed by atoms with Crippen LogP contribution >= 0.6 is 23.1 Å². The van der Waals surface area contributed by atoms with Crippen LogP contribution in [-0.2, 0) is 4.79 Å². The molecule has 1 amide bonds. The van der Waals surface area contributed by atoms with Gasteiger partial charge in [0, 0.05) is 23.2 Å². The molecular weight excluding hydrogens is 302 g/mol. The van der Waals surface area contributed by atoms with Crippen molar-refractivity contribution in [2.24, 2.45) is 0 Å². The topological polar surface area (TPSA) is 54.9 Å². The minimum Gasteiger partial charge on any atom is -0.324 e. The predicted molar refractivity (Wildman–Crippen MR) is 87.8 cm³/mol. The molecule has 106 valence electrons. The lowest BCUT2D eigenvalue weighted by Gasteiger charge is -2.12. The van der Waals surface area contributed by atoms with Crippen LogP contribution < -0.4 is 5.32 Å². The fourth-order valence-corrected chi connectivity index (χ4v) is 3.69. The number of aromatic nitrogens is 2. The number of hydrogen-bond donors (Lipinski definition) is 1. The maximum Gasteiger partial charge on any atom is 0.237 e. The zero-order chi connectivity index (χ0) is 14.7. The molecule has 1 atom stereocenters. The van der Waals surface area contributed by atoms with Crippen molar-refractivity contribution in [3.63, 3.8) is 0 Å². The summed E-state index contributed by atoms with van der Waals surface area (Å²) in [6.07, 6.45) is 3.49. The van der Waals surface area contributed by atoms with Crippen LogP contribution in [0.2, 0.25) is 0 Å². The van der Waals surface area contributed by atoms with Gasteiger partial charge >= 0.3 is 0 Å². The smallest absolute Gasteiger partial charge is 0.237 e. The van der Waals surface area contributed by atoms with Crippen molar-refractivity contribution in [3.05, 3.63) is 48.1 Å². The van der Waals surface area contributed by atoms with E-state index >= 15 is 0 Å². The normalized spacial score (nSPS) is 12.2. The second-order valence-electron chi connectivity index (χ2n) is 4.42. The van der Waals surface area contributed by atoms with Gasteiger partial charge in [-0.25, -0.2) is 4.98 Å². The minimum atomic E-state index is -0.205. The molecule has 21 heavy (non-hydrogen) atoms. The number of benzene rings is 1. The van der Waals surface area contributed by atoms with Crippen LogP contribution in [0.4, 0.5) is 5.69 Å². The summed E-state index contributed by atoms with van der Waals surface area (Å²) >= 11 is 3.00. The lowest BCUT2D eigenvalue weighted by molar-refractivity contribution is -0.115. The van der Waals surface area contributed by atoms with Crippen molar-refractivity contribution in [2.75, 3.05) is 5.32 Å². The Balaban J connectivity index is 1.77. The van der Waals surface area contributed by atoms with Gasteiger partial charge in [0.25, 0.3) is 0 Å². The van der Waals surface area contributed by atoms with E-state index in [-0.39, 0.29) is 11.2 Å². The van der Waals surface area contributed by atoms with Gasteiger partial charge < -0.3 is 5.32 Å². The number of anilines is 1. The second kappa shape index (κ2) is 6.24. The van der Waals surface area contributed by atoms with Crippen LogP contribution in [0.3, 0.4) is 0 Å². The standard InChI is InChI=1S/C15H13N3OS2/c1-10(21-15-17-8-9-20-15)14(19)18-13-6-2-5-12-11(13)4-3-7-16-12/h2-10H,1H3,(H,18,19)/t10-/m0/s1. The predicted octanol–water partition coefficient (Wildman–Crippen LogP) is 3.81. The number of hydrogen-bond acceptors (Lipinski definition) is 5. The third-order valence-electron chi connectivity index (χ3n) is 2.96. The second-order valence-corrected chi connectivity index (χ2v) is 6.91. The highest BCUT2D eigenvalue weighted by Gasteiger charge is 2.16. The highest BCUT2D eigenvalue weighted by Crippen LogP contribution is 2.27. The van der Waals surface area contributed by atoms with Crippen molar-refractivity contribution >= 4 is 45.6 Å². The number of amides is 1. The molecule has 1 aromatic carbocycles. The summed E-state index contributed by atoms with van der Waals surface area (Å²) in [6, 6.07) is 9.54. The van der Waals surface area contributed by atoms with Crippen LogP contribution in [0.15, 0.2) is 52.4 Å². The molecular formula is C15H13N3OS2. The Morgan fingerprint density at radius 3 is 2.95 bits per heavy atom. The first-order valence-electron chi connectivity index (χ1n) is 6.45. The first-order chi connectivity index (χ1) is 10.2. The van der Waals surface area contributed by atoms with Gasteiger partial charge in [-0.3, -0.25) is 9.78 Å². The van der Waals surface area contributed by atoms with Crippen molar-refractivity contribution in [3.8, 4) is 0 Å². The van der Waals surface area contributed by atoms with E-state index in [1.807, 2.05) is 42.6 Å². The molecule has 3 rings (SSSR count). The molecule has 0 aliphatic rings. The number of carbonyl (C=O) groups excluding carboxylic acids is 1. The SMILES string of the molecule is C[C@H](Sc1nccs1)C(=O)Nc1cccc2ncccc12. The van der Waals surface area contributed by atoms with Gasteiger partial charge in [-0.15, -0.1) is 11.3 Å². The van der Waals surface area contributed by atoms with E-state index in [4.69, 9.17) is 0 Å². The van der Waals surface area contributed by atoms with Crippen molar-refractivity contribution in [1.29, 1.82) is 0 Å². The summed E-state index contributed by atoms with van der Waals surface area (Å²) in [5.74, 6) is -0.0356. The summed E-state index contributed by atoms with van der Waals surface area (Å²) in [6.45, 7) is 1.88. The molecule has 0 spiro atoms. The van der Waals surface area contributed by atoms with Gasteiger partial charge in [-0.1, -0.05) is 17.8 Å². The van der Waals surface area contributed by atoms with E-state index in [9.17, 15) is 4.79 Å². The van der Waals surface area contributed by atoms with Gasteiger partial charge in [-0.2, -0.15) is 0 Å². The number of nitrogens with zero attached hydrogens (tertiary/aromatic N) is 2. The number of nitrogens with one attached hydrogen (secondary N) is 1. The monoisotopic (exact) mass is 315 g/mol. The van der Waals surface area contributed by atoms with E-state index in [1.165, 1.54) is 23.1 Å². The summed E-state index contributed by atoms with van der Waals surface area (Å²) in [7, 11) is 0. The van der Waals surface area contributed by atoms with Crippen LogP contribution in [-0.4, -0.2) is 21.1 Å². The zero-order valence-corrected chi connectivity index (χ0v) is 12.9. The molecule has 6 heteroatoms. The first kappa shape index (κ1) is 14.0. The largest absolute Gasteiger partial charge is 0.324 e. The van der Waals surface area contributed by atoms with Gasteiger partial charge in [0.15, 0.2) is 4.34 Å². The molecule has 0 radical (unpaired) electrons. The summed E-state index contributed by atoms with van der Waals surface area (Å²) in [4.78, 5) is 20.8. The average molecular weight is 315 g/mol. The fourth-order valence-electron chi connectivity index (χ4n) is 1.92. The van der Waals surface area contributed by atoms with Gasteiger partial charge in [0.05, 0.1) is 16.5 Å². The molecule has 0 bridgehead atoms. The lowest BCUT2D eigenvalue weighted by atomic mass is 10.2. The minimum absolute atomic E-state index is 0.0356. The molecule has 0 unspecified atom stereocenters. The molecule has 1 N–H and O–H groups in total. The molecule has 0 aliphatic heterocycles. The summed E-state index contributed by atoms with van der Waals surface area (Å²) < 4.78 is 0.900. The Kier molecular flexibility index (Phi) is 4.17. The molecule has 2 aromatic heterocycles. The Morgan fingerprint density at radius 2 is 2.14 bits per heavy atom. The third kappa shape index (κ3) is 3.22. The van der Waals surface area contributed by atoms with Crippen LogP contribution in [0.25, 0.3) is 10.9 Å². The Hall–Kier alpha value is -1.92. The Labute approximate surface area is 130 Å². The molecule has 2 heterocycles. The van der Waals surface area contributed by atoms with Gasteiger partial charge in [0.2, 0.25) is 5.91 Å². The van der Waals surface area contributed by atoms with E-state index in [0.29, 0.717) is 0 Å². The zero-order valence-electron chi connectivity index (χ0n) is 11.3. The molecule has 3 aromatic rings. The molecule has 0 aliphatic carbocycles. The lowest BCUT2D eigenvalue weighted by Crippen LogP contribution is -2.22. The van der Waals surface area contributed by atoms with E-state index < -0.39 is 0 Å². The highest BCUT2D eigenvalue weighted by molar-refractivity contribution is 8.02. The number of carbonyl (C=O) groups is 1. The van der Waals surface area contributed by atoms with Crippen molar-refractivity contribution < 1.29 is 4.79 Å². The van der Waals surface area contributed by atoms with Gasteiger partial charge in [-0.05, 0) is 31.2 Å². The number of fused-ring (bicyclic) bond motifs is 1. The van der Waals surface area contributed by atoms with Crippen LogP contribution in [0.5, 0.6) is 0 Å². The van der Waals surface area contributed by atoms with Gasteiger partial charge in [0.1, 0.15) is 0 Å². The number of thiazole rings is 1. The van der Waals surface area contributed by atoms with Crippen LogP contribution in [0, 0.1) is 0 Å². The Morgan fingerprint density at radius 1 is 1.24 bits per heavy atom. The summed E-state index contributed by atoms with van der Waals surface area (Å²) in [5.41, 5.74) is 1.66. The maximum absolute atomic E-state index is 12.3. The van der Waals surface area contributed by atoms with E-state index in [1.54, 1.807) is 12.4 Å². The van der Waals surface area contributed by atoms with E-state index in [0.717, 1.165) is 20.9 Å². The van der Waals surface area contributed by atoms with Crippen molar-refractivity contribution in [2.45, 2.75) is 16.5 Å². The molecule has 0 saturated heterocycles. The quantitative estimate of drug-likeness (QED) is 0.744. The Bertz CT molecular complexity index is 753. The average Bonchev–Trinajstić information content (AvgIpc) is 3.00. The molecule has 4 nitrogen and oxygen atoms in total. The fraction of sp³-hybridized carbons (Fsp3) is 0.133. The third-order valence-corrected chi connectivity index (χ3v) is 4.98. The van der Waals surface area contributed by atoms with E-state index in [2.05, 4.69) is 15.3 Å². The number of rotatable bonds is 4.